The third kappa shape index (κ3) is 5.09. The zero-order valence-corrected chi connectivity index (χ0v) is 17.1. The van der Waals surface area contributed by atoms with Gasteiger partial charge in [0.2, 0.25) is 0 Å². The Bertz CT molecular complexity index is 625. The van der Waals surface area contributed by atoms with Gasteiger partial charge in [0.05, 0.1) is 18.5 Å². The third-order valence-corrected chi connectivity index (χ3v) is 6.54. The summed E-state index contributed by atoms with van der Waals surface area (Å²) in [6.07, 6.45) is 10.7. The largest absolute Gasteiger partial charge is 0.469 e. The predicted octanol–water partition coefficient (Wildman–Crippen LogP) is 3.27. The number of nitrogens with one attached hydrogen (secondary N) is 2. The van der Waals surface area contributed by atoms with Gasteiger partial charge in [-0.15, -0.1) is 0 Å². The van der Waals surface area contributed by atoms with Crippen LogP contribution in [0.3, 0.4) is 0 Å². The molecule has 1 aromatic heterocycles. The van der Waals surface area contributed by atoms with Crippen molar-refractivity contribution in [2.75, 3.05) is 26.4 Å². The molecule has 1 aromatic rings. The van der Waals surface area contributed by atoms with Crippen molar-refractivity contribution in [2.24, 2.45) is 10.9 Å². The topological polar surface area (TPSA) is 68.0 Å². The van der Waals surface area contributed by atoms with E-state index in [1.54, 1.807) is 6.26 Å². The van der Waals surface area contributed by atoms with Crippen LogP contribution in [0.15, 0.2) is 27.8 Å². The van der Waals surface area contributed by atoms with Crippen LogP contribution >= 0.6 is 0 Å². The molecule has 0 bridgehead atoms. The van der Waals surface area contributed by atoms with Gasteiger partial charge in [0.25, 0.3) is 0 Å². The van der Waals surface area contributed by atoms with Gasteiger partial charge < -0.3 is 24.5 Å². The summed E-state index contributed by atoms with van der Waals surface area (Å²) in [7, 11) is 0. The highest BCUT2D eigenvalue weighted by Crippen LogP contribution is 2.33. The van der Waals surface area contributed by atoms with Gasteiger partial charge in [0.15, 0.2) is 5.96 Å². The van der Waals surface area contributed by atoms with E-state index in [4.69, 9.17) is 18.9 Å². The fourth-order valence-electron chi connectivity index (χ4n) is 4.78. The summed E-state index contributed by atoms with van der Waals surface area (Å²) in [5, 5.41) is 7.48. The Kier molecular flexibility index (Phi) is 6.58. The van der Waals surface area contributed by atoms with Gasteiger partial charge in [0.1, 0.15) is 5.76 Å². The van der Waals surface area contributed by atoms with Crippen LogP contribution in [-0.2, 0) is 15.9 Å². The van der Waals surface area contributed by atoms with Gasteiger partial charge in [0, 0.05) is 44.7 Å². The van der Waals surface area contributed by atoms with Crippen molar-refractivity contribution < 1.29 is 13.9 Å². The highest BCUT2D eigenvalue weighted by atomic mass is 16.6. The number of ether oxygens (including phenoxy) is 2. The molecule has 3 aliphatic rings. The molecule has 0 radical (unpaired) electrons. The lowest BCUT2D eigenvalue weighted by Gasteiger charge is -2.38. The summed E-state index contributed by atoms with van der Waals surface area (Å²) >= 11 is 0. The maximum atomic E-state index is 6.10. The van der Waals surface area contributed by atoms with E-state index in [-0.39, 0.29) is 5.60 Å². The lowest BCUT2D eigenvalue weighted by Crippen LogP contribution is -2.54. The standard InChI is InChI=1S/C22H35N3O3/c1-17-5-2-3-7-20(17)25-21(23-11-8-19-6-4-12-27-19)24-18-9-13-28-22(15-18)10-14-26-16-22/h4,6,12,17-18,20H,2-3,5,7-11,13-16H2,1H3,(H2,23,24,25). The maximum absolute atomic E-state index is 6.10. The Morgan fingerprint density at radius 3 is 2.93 bits per heavy atom. The molecule has 2 aliphatic heterocycles. The van der Waals surface area contributed by atoms with Crippen molar-refractivity contribution in [3.05, 3.63) is 24.2 Å². The summed E-state index contributed by atoms with van der Waals surface area (Å²) in [5.41, 5.74) is -0.0900. The summed E-state index contributed by atoms with van der Waals surface area (Å²) in [6.45, 7) is 5.41. The number of nitrogens with zero attached hydrogens (tertiary/aromatic N) is 1. The first kappa shape index (κ1) is 19.8. The van der Waals surface area contributed by atoms with E-state index >= 15 is 0 Å². The second-order valence-corrected chi connectivity index (χ2v) is 8.74. The van der Waals surface area contributed by atoms with E-state index in [0.29, 0.717) is 18.0 Å². The number of rotatable bonds is 5. The Morgan fingerprint density at radius 1 is 1.21 bits per heavy atom. The van der Waals surface area contributed by atoms with Gasteiger partial charge in [-0.05, 0) is 43.7 Å². The first-order valence-electron chi connectivity index (χ1n) is 11.0. The van der Waals surface area contributed by atoms with E-state index in [1.807, 2.05) is 12.1 Å². The van der Waals surface area contributed by atoms with Gasteiger partial charge in [-0.3, -0.25) is 4.99 Å². The fourth-order valence-corrected chi connectivity index (χ4v) is 4.78. The normalized spacial score (nSPS) is 33.9. The Balaban J connectivity index is 1.39. The molecule has 1 spiro atoms. The minimum Gasteiger partial charge on any atom is -0.469 e. The maximum Gasteiger partial charge on any atom is 0.191 e. The quantitative estimate of drug-likeness (QED) is 0.598. The Hall–Kier alpha value is -1.53. The minimum atomic E-state index is -0.0900. The van der Waals surface area contributed by atoms with Gasteiger partial charge in [-0.1, -0.05) is 19.8 Å². The van der Waals surface area contributed by atoms with E-state index in [1.165, 1.54) is 25.7 Å². The SMILES string of the molecule is CC1CCCCC1NC(=NCCc1ccco1)NC1CCOC2(CCOC2)C1. The highest BCUT2D eigenvalue weighted by molar-refractivity contribution is 5.80. The molecule has 4 unspecified atom stereocenters. The number of aliphatic imine (C=N–C) groups is 1. The smallest absolute Gasteiger partial charge is 0.191 e. The van der Waals surface area contributed by atoms with Crippen LogP contribution in [0.5, 0.6) is 0 Å². The number of furan rings is 1. The van der Waals surface area contributed by atoms with Gasteiger partial charge in [-0.2, -0.15) is 0 Å². The average Bonchev–Trinajstić information content (AvgIpc) is 3.36. The molecule has 1 aliphatic carbocycles. The molecule has 6 nitrogen and oxygen atoms in total. The number of guanidine groups is 1. The van der Waals surface area contributed by atoms with Crippen LogP contribution in [0.25, 0.3) is 0 Å². The van der Waals surface area contributed by atoms with Gasteiger partial charge in [-0.25, -0.2) is 0 Å². The Labute approximate surface area is 168 Å². The molecular formula is C22H35N3O3. The summed E-state index contributed by atoms with van der Waals surface area (Å²) in [6, 6.07) is 4.84. The molecule has 1 saturated carbocycles. The van der Waals surface area contributed by atoms with Crippen LogP contribution in [0.2, 0.25) is 0 Å². The molecule has 3 fully saturated rings. The van der Waals surface area contributed by atoms with Crippen LogP contribution in [-0.4, -0.2) is 50.0 Å². The van der Waals surface area contributed by atoms with Crippen LogP contribution in [0.1, 0.15) is 57.6 Å². The van der Waals surface area contributed by atoms with Crippen LogP contribution in [0, 0.1) is 5.92 Å². The summed E-state index contributed by atoms with van der Waals surface area (Å²) in [5.74, 6) is 2.63. The molecule has 2 saturated heterocycles. The molecule has 3 heterocycles. The fraction of sp³-hybridized carbons (Fsp3) is 0.773. The molecule has 0 aromatic carbocycles. The first-order valence-corrected chi connectivity index (χ1v) is 11.0. The second-order valence-electron chi connectivity index (χ2n) is 8.74. The summed E-state index contributed by atoms with van der Waals surface area (Å²) < 4.78 is 17.2. The number of hydrogen-bond donors (Lipinski definition) is 2. The highest BCUT2D eigenvalue weighted by Gasteiger charge is 2.41. The monoisotopic (exact) mass is 389 g/mol. The molecule has 0 amide bonds. The van der Waals surface area contributed by atoms with Crippen molar-refractivity contribution in [2.45, 2.75) is 76.0 Å². The van der Waals surface area contributed by atoms with E-state index < -0.39 is 0 Å². The molecule has 2 N–H and O–H groups in total. The first-order chi connectivity index (χ1) is 13.7. The van der Waals surface area contributed by atoms with Gasteiger partial charge >= 0.3 is 0 Å². The molecule has 6 heteroatoms. The van der Waals surface area contributed by atoms with Crippen molar-refractivity contribution in [3.63, 3.8) is 0 Å². The van der Waals surface area contributed by atoms with E-state index in [2.05, 4.69) is 17.6 Å². The average molecular weight is 390 g/mol. The van der Waals surface area contributed by atoms with Crippen LogP contribution < -0.4 is 10.6 Å². The zero-order valence-electron chi connectivity index (χ0n) is 17.1. The molecule has 28 heavy (non-hydrogen) atoms. The van der Waals surface area contributed by atoms with Crippen molar-refractivity contribution in [1.29, 1.82) is 0 Å². The molecule has 4 rings (SSSR count). The van der Waals surface area contributed by atoms with Crippen molar-refractivity contribution in [3.8, 4) is 0 Å². The Morgan fingerprint density at radius 2 is 2.14 bits per heavy atom. The zero-order chi connectivity index (χ0) is 19.2. The number of hydrogen-bond acceptors (Lipinski definition) is 4. The van der Waals surface area contributed by atoms with E-state index in [0.717, 1.165) is 63.8 Å². The molecule has 4 atom stereocenters. The van der Waals surface area contributed by atoms with E-state index in [9.17, 15) is 0 Å². The summed E-state index contributed by atoms with van der Waals surface area (Å²) in [4.78, 5) is 4.90. The predicted molar refractivity (Wildman–Crippen MR) is 110 cm³/mol. The van der Waals surface area contributed by atoms with Crippen molar-refractivity contribution in [1.82, 2.24) is 10.6 Å². The minimum absolute atomic E-state index is 0.0900. The van der Waals surface area contributed by atoms with Crippen molar-refractivity contribution >= 4 is 5.96 Å². The second kappa shape index (κ2) is 9.31. The third-order valence-electron chi connectivity index (χ3n) is 6.54. The lowest BCUT2D eigenvalue weighted by molar-refractivity contribution is -0.0874. The molecular weight excluding hydrogens is 354 g/mol. The van der Waals surface area contributed by atoms with Crippen LogP contribution in [0.4, 0.5) is 0 Å². The molecule has 156 valence electrons. The lowest BCUT2D eigenvalue weighted by atomic mass is 9.86.